The van der Waals surface area contributed by atoms with Gasteiger partial charge >= 0.3 is 0 Å². The predicted octanol–water partition coefficient (Wildman–Crippen LogP) is 3.75. The van der Waals surface area contributed by atoms with Crippen LogP contribution in [0.3, 0.4) is 0 Å². The zero-order valence-corrected chi connectivity index (χ0v) is 16.8. The van der Waals surface area contributed by atoms with Crippen molar-refractivity contribution in [3.63, 3.8) is 0 Å². The highest BCUT2D eigenvalue weighted by molar-refractivity contribution is 7.09. The van der Waals surface area contributed by atoms with E-state index >= 15 is 0 Å². The molecule has 3 rings (SSSR count). The number of nitrogens with one attached hydrogen (secondary N) is 2. The molecule has 0 fully saturated rings. The predicted molar refractivity (Wildman–Crippen MR) is 111 cm³/mol. The molecule has 5 nitrogen and oxygen atoms in total. The van der Waals surface area contributed by atoms with Crippen LogP contribution in [0.2, 0.25) is 0 Å². The van der Waals surface area contributed by atoms with E-state index in [0.717, 1.165) is 42.6 Å². The summed E-state index contributed by atoms with van der Waals surface area (Å²) in [5, 5.41) is 8.00. The first-order valence-corrected chi connectivity index (χ1v) is 9.91. The van der Waals surface area contributed by atoms with E-state index in [1.54, 1.807) is 11.3 Å². The maximum Gasteiger partial charge on any atom is 0.193 e. The van der Waals surface area contributed by atoms with Gasteiger partial charge in [-0.25, -0.2) is 4.98 Å². The van der Waals surface area contributed by atoms with Gasteiger partial charge in [-0.15, -0.1) is 11.3 Å². The number of nitrogens with zero attached hydrogens (tertiary/aromatic N) is 3. The van der Waals surface area contributed by atoms with Crippen LogP contribution in [-0.4, -0.2) is 41.5 Å². The largest absolute Gasteiger partial charge is 0.361 e. The molecule has 0 atom stereocenters. The van der Waals surface area contributed by atoms with Gasteiger partial charge in [-0.2, -0.15) is 0 Å². The number of hydrogen-bond donors (Lipinski definition) is 2. The molecule has 138 valence electrons. The van der Waals surface area contributed by atoms with Crippen molar-refractivity contribution in [3.8, 4) is 0 Å². The van der Waals surface area contributed by atoms with Crippen LogP contribution in [0.25, 0.3) is 10.9 Å². The van der Waals surface area contributed by atoms with Gasteiger partial charge in [0.25, 0.3) is 0 Å². The third-order valence-corrected chi connectivity index (χ3v) is 5.41. The Balaban J connectivity index is 1.59. The van der Waals surface area contributed by atoms with Crippen molar-refractivity contribution in [2.45, 2.75) is 33.2 Å². The van der Waals surface area contributed by atoms with Crippen LogP contribution in [-0.2, 0) is 19.4 Å². The Morgan fingerprint density at radius 3 is 2.88 bits per heavy atom. The van der Waals surface area contributed by atoms with Crippen molar-refractivity contribution in [1.82, 2.24) is 20.2 Å². The van der Waals surface area contributed by atoms with E-state index in [4.69, 9.17) is 0 Å². The first-order chi connectivity index (χ1) is 12.6. The molecule has 2 aromatic heterocycles. The zero-order valence-electron chi connectivity index (χ0n) is 16.0. The summed E-state index contributed by atoms with van der Waals surface area (Å²) in [6.45, 7) is 5.83. The molecule has 0 saturated heterocycles. The van der Waals surface area contributed by atoms with Crippen molar-refractivity contribution >= 4 is 28.2 Å². The minimum atomic E-state index is 0.761. The van der Waals surface area contributed by atoms with E-state index in [9.17, 15) is 0 Å². The van der Waals surface area contributed by atoms with E-state index in [0.29, 0.717) is 0 Å². The van der Waals surface area contributed by atoms with E-state index in [1.807, 2.05) is 21.0 Å². The van der Waals surface area contributed by atoms with Crippen LogP contribution in [0.5, 0.6) is 0 Å². The van der Waals surface area contributed by atoms with Crippen molar-refractivity contribution in [1.29, 1.82) is 0 Å². The normalized spacial score (nSPS) is 11.9. The highest BCUT2D eigenvalue weighted by atomic mass is 32.1. The summed E-state index contributed by atoms with van der Waals surface area (Å²) in [6, 6.07) is 6.54. The number of guanidine groups is 1. The Kier molecular flexibility index (Phi) is 5.93. The number of aliphatic imine (C=N–C) groups is 1. The number of aromatic amines is 1. The van der Waals surface area contributed by atoms with Crippen molar-refractivity contribution in [2.75, 3.05) is 20.6 Å². The summed E-state index contributed by atoms with van der Waals surface area (Å²) in [6.07, 6.45) is 4.13. The van der Waals surface area contributed by atoms with Gasteiger partial charge in [0.1, 0.15) is 0 Å². The van der Waals surface area contributed by atoms with Gasteiger partial charge in [0, 0.05) is 43.1 Å². The molecule has 2 heterocycles. The number of para-hydroxylation sites is 1. The smallest absolute Gasteiger partial charge is 0.193 e. The molecule has 0 aliphatic rings. The quantitative estimate of drug-likeness (QED) is 0.514. The lowest BCUT2D eigenvalue weighted by atomic mass is 10.1. The Morgan fingerprint density at radius 1 is 1.35 bits per heavy atom. The third-order valence-electron chi connectivity index (χ3n) is 4.58. The van der Waals surface area contributed by atoms with Crippen LogP contribution in [0.15, 0.2) is 34.8 Å². The molecule has 0 aliphatic heterocycles. The standard InChI is InChI=1S/C20H27N5S/c1-5-15-7-6-8-18-16(11-23-19(15)18)9-10-22-20(21-3)25(4)12-17-13-26-14(2)24-17/h6-8,11,13,23H,5,9-10,12H2,1-4H3,(H,21,22). The number of rotatable bonds is 6. The maximum atomic E-state index is 4.53. The van der Waals surface area contributed by atoms with Gasteiger partial charge < -0.3 is 15.2 Å². The summed E-state index contributed by atoms with van der Waals surface area (Å²) < 4.78 is 0. The number of thiazole rings is 1. The molecule has 1 aromatic carbocycles. The highest BCUT2D eigenvalue weighted by Crippen LogP contribution is 2.22. The van der Waals surface area contributed by atoms with Gasteiger partial charge in [0.05, 0.1) is 17.2 Å². The number of hydrogen-bond acceptors (Lipinski definition) is 3. The summed E-state index contributed by atoms with van der Waals surface area (Å²) in [5.41, 5.74) is 5.07. The van der Waals surface area contributed by atoms with Crippen LogP contribution in [0.1, 0.15) is 28.8 Å². The molecule has 0 unspecified atom stereocenters. The molecule has 0 amide bonds. The van der Waals surface area contributed by atoms with Crippen LogP contribution in [0.4, 0.5) is 0 Å². The second-order valence-electron chi connectivity index (χ2n) is 6.45. The topological polar surface area (TPSA) is 56.3 Å². The van der Waals surface area contributed by atoms with E-state index in [1.165, 1.54) is 22.0 Å². The molecule has 0 bridgehead atoms. The van der Waals surface area contributed by atoms with Crippen molar-refractivity contribution < 1.29 is 0 Å². The number of benzene rings is 1. The zero-order chi connectivity index (χ0) is 18.5. The molecule has 0 radical (unpaired) electrons. The van der Waals surface area contributed by atoms with E-state index in [2.05, 4.69) is 61.9 Å². The highest BCUT2D eigenvalue weighted by Gasteiger charge is 2.10. The number of fused-ring (bicyclic) bond motifs is 1. The fourth-order valence-electron chi connectivity index (χ4n) is 3.27. The van der Waals surface area contributed by atoms with Crippen molar-refractivity contribution in [2.24, 2.45) is 4.99 Å². The third kappa shape index (κ3) is 4.07. The average molecular weight is 370 g/mol. The Bertz CT molecular complexity index is 893. The SMILES string of the molecule is CCc1cccc2c(CCNC(=NC)N(C)Cc3csc(C)n3)c[nH]c12. The van der Waals surface area contributed by atoms with E-state index in [-0.39, 0.29) is 0 Å². The lowest BCUT2D eigenvalue weighted by Crippen LogP contribution is -2.39. The minimum absolute atomic E-state index is 0.761. The molecule has 26 heavy (non-hydrogen) atoms. The number of aromatic nitrogens is 2. The molecular formula is C20H27N5S. The Hall–Kier alpha value is -2.34. The lowest BCUT2D eigenvalue weighted by Gasteiger charge is -2.21. The molecule has 3 aromatic rings. The summed E-state index contributed by atoms with van der Waals surface area (Å²) in [4.78, 5) is 14.5. The average Bonchev–Trinajstić information content (AvgIpc) is 3.24. The van der Waals surface area contributed by atoms with Crippen LogP contribution in [0, 0.1) is 6.92 Å². The van der Waals surface area contributed by atoms with E-state index < -0.39 is 0 Å². The molecule has 0 spiro atoms. The molecule has 0 aliphatic carbocycles. The first-order valence-electron chi connectivity index (χ1n) is 9.03. The molecular weight excluding hydrogens is 342 g/mol. The summed E-state index contributed by atoms with van der Waals surface area (Å²) in [5.74, 6) is 0.893. The number of H-pyrrole nitrogens is 1. The Morgan fingerprint density at radius 2 is 2.19 bits per heavy atom. The first kappa shape index (κ1) is 18.5. The number of aryl methyl sites for hydroxylation is 2. The molecule has 0 saturated carbocycles. The second-order valence-corrected chi connectivity index (χ2v) is 7.51. The summed E-state index contributed by atoms with van der Waals surface area (Å²) >= 11 is 1.68. The summed E-state index contributed by atoms with van der Waals surface area (Å²) in [7, 11) is 3.87. The molecule has 2 N–H and O–H groups in total. The fourth-order valence-corrected chi connectivity index (χ4v) is 3.87. The lowest BCUT2D eigenvalue weighted by molar-refractivity contribution is 0.471. The Labute approximate surface area is 159 Å². The monoisotopic (exact) mass is 369 g/mol. The van der Waals surface area contributed by atoms with Gasteiger partial charge in [0.15, 0.2) is 5.96 Å². The maximum absolute atomic E-state index is 4.53. The molecule has 6 heteroatoms. The minimum Gasteiger partial charge on any atom is -0.361 e. The van der Waals surface area contributed by atoms with Gasteiger partial charge in [0.2, 0.25) is 0 Å². The van der Waals surface area contributed by atoms with Gasteiger partial charge in [-0.1, -0.05) is 25.1 Å². The van der Waals surface area contributed by atoms with Gasteiger partial charge in [-0.05, 0) is 30.9 Å². The van der Waals surface area contributed by atoms with Crippen LogP contribution >= 0.6 is 11.3 Å². The van der Waals surface area contributed by atoms with Crippen molar-refractivity contribution in [3.05, 3.63) is 51.6 Å². The van der Waals surface area contributed by atoms with Crippen LogP contribution < -0.4 is 5.32 Å². The fraction of sp³-hybridized carbons (Fsp3) is 0.400. The second kappa shape index (κ2) is 8.36. The van der Waals surface area contributed by atoms with Gasteiger partial charge in [-0.3, -0.25) is 4.99 Å².